The van der Waals surface area contributed by atoms with Gasteiger partial charge in [0.1, 0.15) is 0 Å². The maximum atomic E-state index is 5.44. The average molecular weight is 216 g/mol. The van der Waals surface area contributed by atoms with Crippen molar-refractivity contribution in [1.82, 2.24) is 10.3 Å². The SMILES string of the molecule is CCOCCN(CC)C(=NC(C)C)NN. The van der Waals surface area contributed by atoms with E-state index in [1.54, 1.807) is 0 Å². The number of aliphatic imine (C=N–C) groups is 1. The van der Waals surface area contributed by atoms with Gasteiger partial charge in [-0.1, -0.05) is 0 Å². The number of nitrogens with one attached hydrogen (secondary N) is 1. The van der Waals surface area contributed by atoms with E-state index in [2.05, 4.69) is 22.2 Å². The summed E-state index contributed by atoms with van der Waals surface area (Å²) in [5.41, 5.74) is 2.63. The summed E-state index contributed by atoms with van der Waals surface area (Å²) in [4.78, 5) is 6.46. The number of guanidine groups is 1. The average Bonchev–Trinajstić information content (AvgIpc) is 2.21. The molecule has 3 N–H and O–H groups in total. The molecule has 0 heterocycles. The number of nitrogens with zero attached hydrogens (tertiary/aromatic N) is 2. The van der Waals surface area contributed by atoms with E-state index in [0.29, 0.717) is 6.61 Å². The first-order chi connectivity index (χ1) is 7.15. The first-order valence-electron chi connectivity index (χ1n) is 5.52. The fourth-order valence-corrected chi connectivity index (χ4v) is 1.19. The highest BCUT2D eigenvalue weighted by atomic mass is 16.5. The van der Waals surface area contributed by atoms with Gasteiger partial charge in [0.25, 0.3) is 0 Å². The Morgan fingerprint density at radius 2 is 2.13 bits per heavy atom. The fourth-order valence-electron chi connectivity index (χ4n) is 1.19. The van der Waals surface area contributed by atoms with Gasteiger partial charge in [0.15, 0.2) is 0 Å². The summed E-state index contributed by atoms with van der Waals surface area (Å²) in [6.45, 7) is 11.2. The van der Waals surface area contributed by atoms with Gasteiger partial charge >= 0.3 is 0 Å². The third kappa shape index (κ3) is 6.30. The minimum atomic E-state index is 0.234. The third-order valence-corrected chi connectivity index (χ3v) is 1.90. The van der Waals surface area contributed by atoms with Gasteiger partial charge in [-0.15, -0.1) is 0 Å². The van der Waals surface area contributed by atoms with Gasteiger partial charge in [-0.3, -0.25) is 5.43 Å². The summed E-state index contributed by atoms with van der Waals surface area (Å²) in [5, 5.41) is 0. The number of hydrazine groups is 1. The lowest BCUT2D eigenvalue weighted by atomic mass is 10.4. The van der Waals surface area contributed by atoms with Gasteiger partial charge in [-0.25, -0.2) is 10.8 Å². The molecule has 0 fully saturated rings. The Balaban J connectivity index is 4.21. The molecule has 0 atom stereocenters. The smallest absolute Gasteiger partial charge is 0.208 e. The van der Waals surface area contributed by atoms with Crippen molar-refractivity contribution < 1.29 is 4.74 Å². The molecule has 0 unspecified atom stereocenters. The van der Waals surface area contributed by atoms with Gasteiger partial charge in [-0.05, 0) is 27.7 Å². The molecule has 5 heteroatoms. The summed E-state index contributed by atoms with van der Waals surface area (Å²) in [6, 6.07) is 0.234. The minimum absolute atomic E-state index is 0.234. The molecule has 15 heavy (non-hydrogen) atoms. The highest BCUT2D eigenvalue weighted by Crippen LogP contribution is 1.94. The molecule has 0 aromatic rings. The number of nitrogens with two attached hydrogens (primary N) is 1. The van der Waals surface area contributed by atoms with E-state index in [1.165, 1.54) is 0 Å². The quantitative estimate of drug-likeness (QED) is 0.224. The normalized spacial score (nSPS) is 12.0. The largest absolute Gasteiger partial charge is 0.380 e. The molecule has 0 aliphatic carbocycles. The number of rotatable bonds is 6. The van der Waals surface area contributed by atoms with Gasteiger partial charge in [0, 0.05) is 25.7 Å². The Morgan fingerprint density at radius 1 is 1.47 bits per heavy atom. The van der Waals surface area contributed by atoms with Gasteiger partial charge < -0.3 is 9.64 Å². The van der Waals surface area contributed by atoms with Crippen LogP contribution in [0.1, 0.15) is 27.7 Å². The molecule has 0 aromatic heterocycles. The van der Waals surface area contributed by atoms with Gasteiger partial charge in [-0.2, -0.15) is 0 Å². The van der Waals surface area contributed by atoms with E-state index in [4.69, 9.17) is 10.6 Å². The van der Waals surface area contributed by atoms with Crippen LogP contribution in [0.2, 0.25) is 0 Å². The standard InChI is InChI=1S/C10H24N4O/c1-5-14(7-8-15-6-2)10(13-11)12-9(3)4/h9H,5-8,11H2,1-4H3,(H,12,13). The second-order valence-electron chi connectivity index (χ2n) is 3.47. The van der Waals surface area contributed by atoms with Crippen LogP contribution < -0.4 is 11.3 Å². The van der Waals surface area contributed by atoms with Crippen LogP contribution in [-0.2, 0) is 4.74 Å². The Labute approximate surface area is 92.7 Å². The molecular formula is C10H24N4O. The van der Waals surface area contributed by atoms with Crippen molar-refractivity contribution in [3.63, 3.8) is 0 Å². The molecular weight excluding hydrogens is 192 g/mol. The van der Waals surface area contributed by atoms with Crippen LogP contribution in [-0.4, -0.2) is 43.2 Å². The van der Waals surface area contributed by atoms with Crippen molar-refractivity contribution in [2.45, 2.75) is 33.7 Å². The number of hydrogen-bond donors (Lipinski definition) is 2. The zero-order chi connectivity index (χ0) is 11.7. The Hall–Kier alpha value is -0.810. The zero-order valence-corrected chi connectivity index (χ0v) is 10.3. The molecule has 0 saturated heterocycles. The summed E-state index contributed by atoms with van der Waals surface area (Å²) in [6.07, 6.45) is 0. The van der Waals surface area contributed by atoms with Crippen LogP contribution in [0, 0.1) is 0 Å². The lowest BCUT2D eigenvalue weighted by Crippen LogP contribution is -2.46. The van der Waals surface area contributed by atoms with Crippen molar-refractivity contribution in [2.24, 2.45) is 10.8 Å². The summed E-state index contributed by atoms with van der Waals surface area (Å²) >= 11 is 0. The topological polar surface area (TPSA) is 62.9 Å². The van der Waals surface area contributed by atoms with E-state index in [0.717, 1.165) is 25.7 Å². The highest BCUT2D eigenvalue weighted by molar-refractivity contribution is 5.79. The maximum Gasteiger partial charge on any atom is 0.208 e. The molecule has 0 saturated carbocycles. The lowest BCUT2D eigenvalue weighted by molar-refractivity contribution is 0.132. The van der Waals surface area contributed by atoms with Crippen molar-refractivity contribution in [2.75, 3.05) is 26.3 Å². The van der Waals surface area contributed by atoms with Crippen LogP contribution in [0.4, 0.5) is 0 Å². The Kier molecular flexibility index (Phi) is 8.04. The first-order valence-corrected chi connectivity index (χ1v) is 5.52. The second-order valence-corrected chi connectivity index (χ2v) is 3.47. The van der Waals surface area contributed by atoms with E-state index in [9.17, 15) is 0 Å². The molecule has 90 valence electrons. The predicted octanol–water partition coefficient (Wildman–Crippen LogP) is 0.573. The molecule has 0 bridgehead atoms. The van der Waals surface area contributed by atoms with Crippen molar-refractivity contribution in [3.8, 4) is 0 Å². The van der Waals surface area contributed by atoms with Crippen molar-refractivity contribution >= 4 is 5.96 Å². The monoisotopic (exact) mass is 216 g/mol. The lowest BCUT2D eigenvalue weighted by Gasteiger charge is -2.24. The van der Waals surface area contributed by atoms with Crippen LogP contribution in [0.15, 0.2) is 4.99 Å². The highest BCUT2D eigenvalue weighted by Gasteiger charge is 2.07. The molecule has 0 radical (unpaired) electrons. The van der Waals surface area contributed by atoms with E-state index in [1.807, 2.05) is 20.8 Å². The minimum Gasteiger partial charge on any atom is -0.380 e. The third-order valence-electron chi connectivity index (χ3n) is 1.90. The van der Waals surface area contributed by atoms with Crippen LogP contribution in [0.3, 0.4) is 0 Å². The number of ether oxygens (including phenoxy) is 1. The van der Waals surface area contributed by atoms with Crippen LogP contribution >= 0.6 is 0 Å². The Bertz CT molecular complexity index is 182. The summed E-state index contributed by atoms with van der Waals surface area (Å²) in [5.74, 6) is 6.17. The molecule has 0 spiro atoms. The number of hydrogen-bond acceptors (Lipinski definition) is 3. The molecule has 0 aromatic carbocycles. The van der Waals surface area contributed by atoms with Crippen LogP contribution in [0.25, 0.3) is 0 Å². The first kappa shape index (κ1) is 14.2. The zero-order valence-electron chi connectivity index (χ0n) is 10.3. The van der Waals surface area contributed by atoms with Gasteiger partial charge in [0.2, 0.25) is 5.96 Å². The van der Waals surface area contributed by atoms with Crippen LogP contribution in [0.5, 0.6) is 0 Å². The van der Waals surface area contributed by atoms with E-state index >= 15 is 0 Å². The van der Waals surface area contributed by atoms with E-state index in [-0.39, 0.29) is 6.04 Å². The fraction of sp³-hybridized carbons (Fsp3) is 0.900. The molecule has 5 nitrogen and oxygen atoms in total. The second kappa shape index (κ2) is 8.49. The molecule has 0 aliphatic rings. The Morgan fingerprint density at radius 3 is 2.53 bits per heavy atom. The number of likely N-dealkylation sites (N-methyl/N-ethyl adjacent to an activating group) is 1. The predicted molar refractivity (Wildman–Crippen MR) is 63.6 cm³/mol. The van der Waals surface area contributed by atoms with Crippen molar-refractivity contribution in [3.05, 3.63) is 0 Å². The van der Waals surface area contributed by atoms with Crippen molar-refractivity contribution in [1.29, 1.82) is 0 Å². The van der Waals surface area contributed by atoms with E-state index < -0.39 is 0 Å². The summed E-state index contributed by atoms with van der Waals surface area (Å²) < 4.78 is 5.30. The molecule has 0 amide bonds. The summed E-state index contributed by atoms with van der Waals surface area (Å²) in [7, 11) is 0. The molecule has 0 rings (SSSR count). The molecule has 0 aliphatic heterocycles. The maximum absolute atomic E-state index is 5.44. The van der Waals surface area contributed by atoms with Gasteiger partial charge in [0.05, 0.1) is 6.61 Å².